The Bertz CT molecular complexity index is 219. The van der Waals surface area contributed by atoms with Gasteiger partial charge >= 0.3 is 0 Å². The van der Waals surface area contributed by atoms with Gasteiger partial charge in [-0.05, 0) is 13.3 Å². The van der Waals surface area contributed by atoms with Crippen molar-refractivity contribution < 1.29 is 4.79 Å². The number of nitrogens with one attached hydrogen (secondary N) is 2. The van der Waals surface area contributed by atoms with E-state index in [1.165, 1.54) is 0 Å². The first kappa shape index (κ1) is 9.93. The molecule has 2 fully saturated rings. The monoisotopic (exact) mass is 197 g/mol. The molecule has 2 heterocycles. The second-order valence-electron chi connectivity index (χ2n) is 4.42. The molecule has 2 saturated heterocycles. The quantitative estimate of drug-likeness (QED) is 0.631. The van der Waals surface area contributed by atoms with Crippen LogP contribution in [0.5, 0.6) is 0 Å². The highest BCUT2D eigenvalue weighted by molar-refractivity contribution is 5.78. The van der Waals surface area contributed by atoms with Gasteiger partial charge in [-0.3, -0.25) is 9.69 Å². The molecule has 0 aromatic heterocycles. The number of nitrogens with zero attached hydrogens (tertiary/aromatic N) is 1. The Morgan fingerprint density at radius 3 is 3.07 bits per heavy atom. The molecule has 0 aliphatic carbocycles. The van der Waals surface area contributed by atoms with Crippen LogP contribution in [0.2, 0.25) is 0 Å². The summed E-state index contributed by atoms with van der Waals surface area (Å²) in [5, 5.41) is 6.43. The van der Waals surface area contributed by atoms with E-state index < -0.39 is 0 Å². The van der Waals surface area contributed by atoms with E-state index in [1.807, 2.05) is 0 Å². The molecule has 0 radical (unpaired) electrons. The fourth-order valence-corrected chi connectivity index (χ4v) is 2.30. The highest BCUT2D eigenvalue weighted by Gasteiger charge is 2.24. The number of hydrogen-bond donors (Lipinski definition) is 2. The summed E-state index contributed by atoms with van der Waals surface area (Å²) in [5.41, 5.74) is 0. The van der Waals surface area contributed by atoms with Crippen LogP contribution in [0.15, 0.2) is 0 Å². The lowest BCUT2D eigenvalue weighted by molar-refractivity contribution is -0.119. The zero-order valence-corrected chi connectivity index (χ0v) is 8.75. The molecule has 0 aromatic rings. The maximum absolute atomic E-state index is 11.0. The molecule has 0 saturated carbocycles. The van der Waals surface area contributed by atoms with Crippen molar-refractivity contribution >= 4 is 5.91 Å². The Hall–Kier alpha value is -0.610. The van der Waals surface area contributed by atoms with E-state index in [-0.39, 0.29) is 5.91 Å². The zero-order valence-electron chi connectivity index (χ0n) is 8.75. The van der Waals surface area contributed by atoms with Crippen LogP contribution in [0.4, 0.5) is 0 Å². The fraction of sp³-hybridized carbons (Fsp3) is 0.900. The van der Waals surface area contributed by atoms with Crippen molar-refractivity contribution in [2.24, 2.45) is 0 Å². The average molecular weight is 197 g/mol. The number of piperazine rings is 1. The molecule has 1 unspecified atom stereocenters. The maximum atomic E-state index is 11.0. The Labute approximate surface area is 85.0 Å². The van der Waals surface area contributed by atoms with Gasteiger partial charge in [0.1, 0.15) is 0 Å². The fourth-order valence-electron chi connectivity index (χ4n) is 2.30. The molecule has 4 heteroatoms. The van der Waals surface area contributed by atoms with Crippen molar-refractivity contribution in [3.8, 4) is 0 Å². The third-order valence-corrected chi connectivity index (χ3v) is 3.02. The van der Waals surface area contributed by atoms with Crippen LogP contribution in [-0.4, -0.2) is 49.1 Å². The molecule has 1 amide bonds. The van der Waals surface area contributed by atoms with Crippen molar-refractivity contribution in [3.63, 3.8) is 0 Å². The third-order valence-electron chi connectivity index (χ3n) is 3.02. The van der Waals surface area contributed by atoms with Gasteiger partial charge in [0, 0.05) is 44.7 Å². The van der Waals surface area contributed by atoms with Crippen molar-refractivity contribution in [1.29, 1.82) is 0 Å². The SMILES string of the molecule is C[C@H]1CN(CC2CCC(=O)N2)CCN1. The molecule has 0 bridgehead atoms. The first-order valence-corrected chi connectivity index (χ1v) is 5.49. The number of carbonyl (C=O) groups excluding carboxylic acids is 1. The van der Waals surface area contributed by atoms with Gasteiger partial charge in [-0.1, -0.05) is 0 Å². The van der Waals surface area contributed by atoms with Crippen LogP contribution < -0.4 is 10.6 Å². The summed E-state index contributed by atoms with van der Waals surface area (Å²) in [4.78, 5) is 13.5. The lowest BCUT2D eigenvalue weighted by atomic mass is 10.2. The van der Waals surface area contributed by atoms with Crippen molar-refractivity contribution in [2.45, 2.75) is 31.8 Å². The maximum Gasteiger partial charge on any atom is 0.220 e. The average Bonchev–Trinajstić information content (AvgIpc) is 2.51. The minimum Gasteiger partial charge on any atom is -0.352 e. The van der Waals surface area contributed by atoms with Crippen LogP contribution in [0.3, 0.4) is 0 Å². The van der Waals surface area contributed by atoms with Crippen LogP contribution in [0.25, 0.3) is 0 Å². The van der Waals surface area contributed by atoms with Crippen LogP contribution >= 0.6 is 0 Å². The lowest BCUT2D eigenvalue weighted by Crippen LogP contribution is -2.52. The highest BCUT2D eigenvalue weighted by Crippen LogP contribution is 2.09. The topological polar surface area (TPSA) is 44.4 Å². The predicted molar refractivity (Wildman–Crippen MR) is 55.1 cm³/mol. The molecule has 2 atom stereocenters. The normalized spacial score (nSPS) is 34.5. The third kappa shape index (κ3) is 2.45. The second-order valence-corrected chi connectivity index (χ2v) is 4.42. The van der Waals surface area contributed by atoms with Gasteiger partial charge in [0.2, 0.25) is 5.91 Å². The van der Waals surface area contributed by atoms with Gasteiger partial charge in [-0.2, -0.15) is 0 Å². The van der Waals surface area contributed by atoms with Crippen molar-refractivity contribution in [2.75, 3.05) is 26.2 Å². The van der Waals surface area contributed by atoms with Crippen LogP contribution in [0, 0.1) is 0 Å². The molecule has 4 nitrogen and oxygen atoms in total. The first-order valence-electron chi connectivity index (χ1n) is 5.49. The first-order chi connectivity index (χ1) is 6.74. The summed E-state index contributed by atoms with van der Waals surface area (Å²) in [7, 11) is 0. The minimum atomic E-state index is 0.221. The summed E-state index contributed by atoms with van der Waals surface area (Å²) in [6.45, 7) is 6.52. The molecule has 0 spiro atoms. The number of hydrogen-bond acceptors (Lipinski definition) is 3. The molecule has 2 aliphatic heterocycles. The largest absolute Gasteiger partial charge is 0.352 e. The van der Waals surface area contributed by atoms with E-state index in [0.717, 1.165) is 32.6 Å². The summed E-state index contributed by atoms with van der Waals surface area (Å²) in [6, 6.07) is 0.980. The molecule has 2 N–H and O–H groups in total. The Kier molecular flexibility index (Phi) is 3.03. The number of rotatable bonds is 2. The van der Waals surface area contributed by atoms with Gasteiger partial charge < -0.3 is 10.6 Å². The second kappa shape index (κ2) is 4.28. The molecule has 2 aliphatic rings. The smallest absolute Gasteiger partial charge is 0.220 e. The van der Waals surface area contributed by atoms with Crippen LogP contribution in [0.1, 0.15) is 19.8 Å². The van der Waals surface area contributed by atoms with Gasteiger partial charge in [0.05, 0.1) is 0 Å². The Balaban J connectivity index is 1.76. The Morgan fingerprint density at radius 1 is 1.57 bits per heavy atom. The highest BCUT2D eigenvalue weighted by atomic mass is 16.1. The molecular formula is C10H19N3O. The van der Waals surface area contributed by atoms with E-state index in [0.29, 0.717) is 18.5 Å². The minimum absolute atomic E-state index is 0.221. The summed E-state index contributed by atoms with van der Waals surface area (Å²) >= 11 is 0. The molecule has 80 valence electrons. The summed E-state index contributed by atoms with van der Waals surface area (Å²) in [5.74, 6) is 0.221. The van der Waals surface area contributed by atoms with Gasteiger partial charge in [0.25, 0.3) is 0 Å². The molecular weight excluding hydrogens is 178 g/mol. The van der Waals surface area contributed by atoms with Crippen LogP contribution in [-0.2, 0) is 4.79 Å². The van der Waals surface area contributed by atoms with Crippen molar-refractivity contribution in [3.05, 3.63) is 0 Å². The molecule has 2 rings (SSSR count). The number of amides is 1. The van der Waals surface area contributed by atoms with Gasteiger partial charge in [-0.25, -0.2) is 0 Å². The van der Waals surface area contributed by atoms with E-state index in [1.54, 1.807) is 0 Å². The molecule has 0 aromatic carbocycles. The standard InChI is InChI=1S/C10H19N3O/c1-8-6-13(5-4-11-8)7-9-2-3-10(14)12-9/h8-9,11H,2-7H2,1H3,(H,12,14)/t8-,9?/m0/s1. The van der Waals surface area contributed by atoms with E-state index in [2.05, 4.69) is 22.5 Å². The van der Waals surface area contributed by atoms with Crippen molar-refractivity contribution in [1.82, 2.24) is 15.5 Å². The van der Waals surface area contributed by atoms with E-state index >= 15 is 0 Å². The predicted octanol–water partition coefficient (Wildman–Crippen LogP) is -0.441. The summed E-state index contributed by atoms with van der Waals surface area (Å²) < 4.78 is 0. The van der Waals surface area contributed by atoms with E-state index in [4.69, 9.17) is 0 Å². The summed E-state index contributed by atoms with van der Waals surface area (Å²) in [6.07, 6.45) is 1.73. The van der Waals surface area contributed by atoms with Gasteiger partial charge in [0.15, 0.2) is 0 Å². The number of carbonyl (C=O) groups is 1. The van der Waals surface area contributed by atoms with E-state index in [9.17, 15) is 4.79 Å². The molecule has 14 heavy (non-hydrogen) atoms. The zero-order chi connectivity index (χ0) is 9.97. The lowest BCUT2D eigenvalue weighted by Gasteiger charge is -2.33. The Morgan fingerprint density at radius 2 is 2.43 bits per heavy atom. The van der Waals surface area contributed by atoms with Gasteiger partial charge in [-0.15, -0.1) is 0 Å².